The first-order valence-electron chi connectivity index (χ1n) is 10.0. The third-order valence-electron chi connectivity index (χ3n) is 6.95. The van der Waals surface area contributed by atoms with E-state index in [-0.39, 0.29) is 36.0 Å². The van der Waals surface area contributed by atoms with E-state index in [0.717, 1.165) is 0 Å². The van der Waals surface area contributed by atoms with Crippen molar-refractivity contribution in [2.45, 2.75) is 37.6 Å². The summed E-state index contributed by atoms with van der Waals surface area (Å²) in [7, 11) is 0. The predicted octanol–water partition coefficient (Wildman–Crippen LogP) is 2.78. The van der Waals surface area contributed by atoms with Gasteiger partial charge in [-0.1, -0.05) is 25.1 Å². The third-order valence-corrected chi connectivity index (χ3v) is 6.95. The highest BCUT2D eigenvalue weighted by atomic mass is 16.6. The number of non-ortho nitro benzene ring substituents is 1. The number of aliphatic hydroxyl groups excluding tert-OH is 2. The Labute approximate surface area is 176 Å². The van der Waals surface area contributed by atoms with Crippen molar-refractivity contribution >= 4 is 16.5 Å². The monoisotopic (exact) mass is 426 g/mol. The van der Waals surface area contributed by atoms with Crippen molar-refractivity contribution in [3.05, 3.63) is 57.6 Å². The molecule has 0 aliphatic carbocycles. The molecule has 3 heterocycles. The lowest BCUT2D eigenvalue weighted by Crippen LogP contribution is -2.36. The maximum absolute atomic E-state index is 11.5. The zero-order chi connectivity index (χ0) is 22.3. The lowest BCUT2D eigenvalue weighted by Gasteiger charge is -2.31. The van der Waals surface area contributed by atoms with Gasteiger partial charge in [-0.05, 0) is 19.1 Å². The summed E-state index contributed by atoms with van der Waals surface area (Å²) >= 11 is 0. The van der Waals surface area contributed by atoms with Crippen LogP contribution in [0, 0.1) is 16.0 Å². The zero-order valence-corrected chi connectivity index (χ0v) is 16.9. The van der Waals surface area contributed by atoms with Crippen LogP contribution in [0.2, 0.25) is 0 Å². The molecule has 0 radical (unpaired) electrons. The number of hydrogen-bond donors (Lipinski definition) is 4. The predicted molar refractivity (Wildman–Crippen MR) is 110 cm³/mol. The van der Waals surface area contributed by atoms with Crippen LogP contribution in [-0.4, -0.2) is 42.6 Å². The fraction of sp³-hybridized carbons (Fsp3) is 0.364. The van der Waals surface area contributed by atoms with Crippen LogP contribution < -0.4 is 0 Å². The molecule has 3 unspecified atom stereocenters. The van der Waals surface area contributed by atoms with Crippen molar-refractivity contribution in [2.24, 2.45) is 5.92 Å². The van der Waals surface area contributed by atoms with Gasteiger partial charge in [0.05, 0.1) is 33.2 Å². The molecule has 162 valence electrons. The maximum Gasteiger partial charge on any atom is 0.277 e. The summed E-state index contributed by atoms with van der Waals surface area (Å²) in [5, 5.41) is 55.3. The van der Waals surface area contributed by atoms with Gasteiger partial charge >= 0.3 is 0 Å². The number of hydrogen-bond acceptors (Lipinski definition) is 7. The first-order chi connectivity index (χ1) is 14.7. The Bertz CT molecular complexity index is 1250. The van der Waals surface area contributed by atoms with E-state index in [0.29, 0.717) is 22.0 Å². The second kappa shape index (κ2) is 6.19. The van der Waals surface area contributed by atoms with Gasteiger partial charge in [0, 0.05) is 30.4 Å². The van der Waals surface area contributed by atoms with E-state index in [1.165, 1.54) is 16.7 Å². The molecular weight excluding hydrogens is 404 g/mol. The zero-order valence-electron chi connectivity index (χ0n) is 16.9. The molecule has 1 fully saturated rings. The standard InChI is InChI=1S/C22H22N2O7/c1-11(10-25)22-9-16(26)21(2,31-22)17-18(22)20(28)23(19(17)27)14-7-8-15(24(29)30)13-6-4-3-5-12(13)14/h3-8,11,16,25-28H,9-10H2,1-2H3/t11?,16-,21?,22?/m1/s1. The van der Waals surface area contributed by atoms with Gasteiger partial charge < -0.3 is 25.2 Å². The molecule has 2 aromatic carbocycles. The molecule has 4 N–H and O–H groups in total. The SMILES string of the molecule is CC(CO)C12C[C@@H](O)C(C)(O1)c1c2c(O)n(-c2ccc([N+](=O)[O-])c3ccccc23)c1O. The topological polar surface area (TPSA) is 138 Å². The number of fused-ring (bicyclic) bond motifs is 6. The second-order valence-corrected chi connectivity index (χ2v) is 8.54. The number of rotatable bonds is 4. The Hall–Kier alpha value is -3.14. The Morgan fingerprint density at radius 2 is 1.84 bits per heavy atom. The average molecular weight is 426 g/mol. The van der Waals surface area contributed by atoms with Crippen molar-refractivity contribution in [3.63, 3.8) is 0 Å². The Morgan fingerprint density at radius 3 is 2.48 bits per heavy atom. The third kappa shape index (κ3) is 2.25. The van der Waals surface area contributed by atoms with Crippen LogP contribution in [0.1, 0.15) is 31.4 Å². The molecule has 2 bridgehead atoms. The molecule has 0 saturated carbocycles. The number of aromatic nitrogens is 1. The summed E-state index contributed by atoms with van der Waals surface area (Å²) in [6.07, 6.45) is -0.778. The van der Waals surface area contributed by atoms with Crippen LogP contribution >= 0.6 is 0 Å². The molecule has 1 saturated heterocycles. The summed E-state index contributed by atoms with van der Waals surface area (Å²) in [5.41, 5.74) is -1.55. The first-order valence-corrected chi connectivity index (χ1v) is 10.0. The minimum atomic E-state index is -1.26. The van der Waals surface area contributed by atoms with E-state index >= 15 is 0 Å². The Morgan fingerprint density at radius 1 is 1.19 bits per heavy atom. The van der Waals surface area contributed by atoms with Crippen LogP contribution in [0.25, 0.3) is 16.5 Å². The average Bonchev–Trinajstić information content (AvgIpc) is 3.29. The van der Waals surface area contributed by atoms with E-state index in [2.05, 4.69) is 0 Å². The highest BCUT2D eigenvalue weighted by Gasteiger charge is 2.67. The molecule has 3 aromatic rings. The van der Waals surface area contributed by atoms with Crippen LogP contribution in [0.5, 0.6) is 11.8 Å². The molecular formula is C22H22N2O7. The molecule has 1 aromatic heterocycles. The normalized spacial score (nSPS) is 27.5. The van der Waals surface area contributed by atoms with Gasteiger partial charge in [0.2, 0.25) is 11.8 Å². The van der Waals surface area contributed by atoms with Crippen LogP contribution in [0.4, 0.5) is 5.69 Å². The molecule has 0 spiro atoms. The summed E-state index contributed by atoms with van der Waals surface area (Å²) in [5.74, 6) is -1.04. The maximum atomic E-state index is 11.5. The van der Waals surface area contributed by atoms with Crippen LogP contribution in [0.15, 0.2) is 36.4 Å². The summed E-state index contributed by atoms with van der Waals surface area (Å²) < 4.78 is 7.41. The molecule has 0 amide bonds. The molecule has 31 heavy (non-hydrogen) atoms. The van der Waals surface area contributed by atoms with Gasteiger partial charge in [-0.15, -0.1) is 0 Å². The van der Waals surface area contributed by atoms with Gasteiger partial charge in [0.15, 0.2) is 0 Å². The van der Waals surface area contributed by atoms with E-state index in [4.69, 9.17) is 4.74 Å². The molecule has 9 nitrogen and oxygen atoms in total. The number of aromatic hydroxyl groups is 2. The van der Waals surface area contributed by atoms with E-state index in [1.54, 1.807) is 38.1 Å². The Kier molecular flexibility index (Phi) is 3.96. The number of aliphatic hydroxyl groups is 2. The lowest BCUT2D eigenvalue weighted by atomic mass is 9.72. The minimum Gasteiger partial charge on any atom is -0.494 e. The first kappa shape index (κ1) is 19.8. The fourth-order valence-electron chi connectivity index (χ4n) is 5.30. The second-order valence-electron chi connectivity index (χ2n) is 8.54. The van der Waals surface area contributed by atoms with E-state index < -0.39 is 28.1 Å². The highest BCUT2D eigenvalue weighted by Crippen LogP contribution is 2.66. The lowest BCUT2D eigenvalue weighted by molar-refractivity contribution is -0.383. The summed E-state index contributed by atoms with van der Waals surface area (Å²) in [4.78, 5) is 11.0. The van der Waals surface area contributed by atoms with E-state index in [1.807, 2.05) is 0 Å². The van der Waals surface area contributed by atoms with Crippen LogP contribution in [0.3, 0.4) is 0 Å². The Balaban J connectivity index is 1.84. The largest absolute Gasteiger partial charge is 0.494 e. The number of benzene rings is 2. The van der Waals surface area contributed by atoms with Gasteiger partial charge in [0.1, 0.15) is 11.2 Å². The van der Waals surface area contributed by atoms with Crippen molar-refractivity contribution < 1.29 is 30.1 Å². The molecule has 4 atom stereocenters. The molecule has 2 aliphatic rings. The number of nitro benzene ring substituents is 1. The van der Waals surface area contributed by atoms with Gasteiger partial charge in [-0.25, -0.2) is 0 Å². The minimum absolute atomic E-state index is 0.0887. The molecule has 5 rings (SSSR count). The number of nitrogens with zero attached hydrogens (tertiary/aromatic N) is 2. The van der Waals surface area contributed by atoms with Crippen molar-refractivity contribution in [1.82, 2.24) is 4.57 Å². The van der Waals surface area contributed by atoms with E-state index in [9.17, 15) is 30.5 Å². The number of ether oxygens (including phenoxy) is 1. The van der Waals surface area contributed by atoms with Gasteiger partial charge in [0.25, 0.3) is 5.69 Å². The number of nitro groups is 1. The van der Waals surface area contributed by atoms with Crippen molar-refractivity contribution in [3.8, 4) is 17.4 Å². The highest BCUT2D eigenvalue weighted by molar-refractivity contribution is 5.97. The quantitative estimate of drug-likeness (QED) is 0.372. The molecule has 2 aliphatic heterocycles. The van der Waals surface area contributed by atoms with Gasteiger partial charge in [-0.3, -0.25) is 14.7 Å². The van der Waals surface area contributed by atoms with Gasteiger partial charge in [-0.2, -0.15) is 0 Å². The summed E-state index contributed by atoms with van der Waals surface area (Å²) in [6, 6.07) is 9.48. The van der Waals surface area contributed by atoms with Crippen molar-refractivity contribution in [2.75, 3.05) is 6.61 Å². The molecule has 9 heteroatoms. The smallest absolute Gasteiger partial charge is 0.277 e. The van der Waals surface area contributed by atoms with Crippen LogP contribution in [-0.2, 0) is 15.9 Å². The van der Waals surface area contributed by atoms with Crippen molar-refractivity contribution in [1.29, 1.82) is 0 Å². The fourth-order valence-corrected chi connectivity index (χ4v) is 5.30. The summed E-state index contributed by atoms with van der Waals surface area (Å²) in [6.45, 7) is 3.16.